The highest BCUT2D eigenvalue weighted by molar-refractivity contribution is 6.12. The number of methoxy groups -OCH3 is 1. The second kappa shape index (κ2) is 11.5. The van der Waals surface area contributed by atoms with E-state index >= 15 is 0 Å². The van der Waals surface area contributed by atoms with Crippen molar-refractivity contribution >= 4 is 17.7 Å². The predicted octanol–water partition coefficient (Wildman–Crippen LogP) is 5.66. The van der Waals surface area contributed by atoms with Gasteiger partial charge in [0.15, 0.2) is 11.5 Å². The van der Waals surface area contributed by atoms with Gasteiger partial charge >= 0.3 is 0 Å². The number of nitriles is 1. The molecule has 0 saturated heterocycles. The zero-order valence-corrected chi connectivity index (χ0v) is 20.9. The Kier molecular flexibility index (Phi) is 7.92. The molecule has 0 fully saturated rings. The van der Waals surface area contributed by atoms with Gasteiger partial charge in [-0.2, -0.15) is 5.26 Å². The van der Waals surface area contributed by atoms with Crippen molar-refractivity contribution in [1.29, 1.82) is 5.26 Å². The highest BCUT2D eigenvalue weighted by Gasteiger charge is 2.26. The largest absolute Gasteiger partial charge is 0.493 e. The quantitative estimate of drug-likeness (QED) is 0.224. The van der Waals surface area contributed by atoms with Crippen LogP contribution in [0.25, 0.3) is 6.08 Å². The number of hydrogen-bond acceptors (Lipinski definition) is 5. The number of aryl methyl sites for hydroxylation is 2. The van der Waals surface area contributed by atoms with E-state index in [1.54, 1.807) is 30.2 Å². The summed E-state index contributed by atoms with van der Waals surface area (Å²) in [6.07, 6.45) is 3.09. The van der Waals surface area contributed by atoms with Crippen LogP contribution in [0.4, 0.5) is 5.69 Å². The third-order valence-electron chi connectivity index (χ3n) is 6.13. The Morgan fingerprint density at radius 3 is 2.56 bits per heavy atom. The number of para-hydroxylation sites is 1. The molecule has 184 valence electrons. The number of anilines is 1. The van der Waals surface area contributed by atoms with Crippen LogP contribution >= 0.6 is 0 Å². The minimum absolute atomic E-state index is 0.0750. The van der Waals surface area contributed by atoms with Crippen molar-refractivity contribution in [2.75, 3.05) is 31.8 Å². The Morgan fingerprint density at radius 2 is 1.78 bits per heavy atom. The van der Waals surface area contributed by atoms with E-state index < -0.39 is 0 Å². The van der Waals surface area contributed by atoms with Gasteiger partial charge in [0.2, 0.25) is 0 Å². The van der Waals surface area contributed by atoms with Gasteiger partial charge in [0.05, 0.1) is 20.3 Å². The molecule has 0 saturated carbocycles. The van der Waals surface area contributed by atoms with Gasteiger partial charge in [-0.05, 0) is 72.9 Å². The van der Waals surface area contributed by atoms with Gasteiger partial charge in [-0.3, -0.25) is 4.79 Å². The number of carbonyl (C=O) groups excluding carboxylic acids is 1. The topological polar surface area (TPSA) is 71.8 Å². The fourth-order valence-electron chi connectivity index (χ4n) is 4.18. The van der Waals surface area contributed by atoms with Crippen molar-refractivity contribution in [3.05, 3.63) is 88.5 Å². The van der Waals surface area contributed by atoms with E-state index in [2.05, 4.69) is 18.2 Å². The maximum atomic E-state index is 13.1. The first kappa shape index (κ1) is 24.9. The molecule has 1 amide bonds. The zero-order valence-electron chi connectivity index (χ0n) is 20.9. The lowest BCUT2D eigenvalue weighted by Gasteiger charge is -2.16. The molecular formula is C30H30N2O4. The second-order valence-electron chi connectivity index (χ2n) is 8.74. The first-order valence-electron chi connectivity index (χ1n) is 12.0. The van der Waals surface area contributed by atoms with E-state index in [1.165, 1.54) is 0 Å². The van der Waals surface area contributed by atoms with Crippen LogP contribution in [0.1, 0.15) is 28.7 Å². The molecule has 3 aromatic rings. The molecule has 0 bridgehead atoms. The first-order chi connectivity index (χ1) is 17.5. The number of nitrogens with zero attached hydrogens (tertiary/aromatic N) is 2. The second-order valence-corrected chi connectivity index (χ2v) is 8.74. The molecule has 0 N–H and O–H groups in total. The van der Waals surface area contributed by atoms with E-state index in [9.17, 15) is 10.1 Å². The summed E-state index contributed by atoms with van der Waals surface area (Å²) in [7, 11) is 1.57. The van der Waals surface area contributed by atoms with Crippen LogP contribution in [0.3, 0.4) is 0 Å². The van der Waals surface area contributed by atoms with Crippen molar-refractivity contribution in [3.8, 4) is 23.3 Å². The molecule has 4 rings (SSSR count). The monoisotopic (exact) mass is 482 g/mol. The Balaban J connectivity index is 1.38. The van der Waals surface area contributed by atoms with E-state index in [0.29, 0.717) is 43.2 Å². The number of carbonyl (C=O) groups is 1. The molecule has 0 aliphatic carbocycles. The molecule has 0 aromatic heterocycles. The first-order valence-corrected chi connectivity index (χ1v) is 12.0. The third-order valence-corrected chi connectivity index (χ3v) is 6.13. The third kappa shape index (κ3) is 5.69. The van der Waals surface area contributed by atoms with Gasteiger partial charge < -0.3 is 19.1 Å². The molecule has 3 aromatic carbocycles. The van der Waals surface area contributed by atoms with Crippen LogP contribution in [0.2, 0.25) is 0 Å². The average molecular weight is 483 g/mol. The Morgan fingerprint density at radius 1 is 1.00 bits per heavy atom. The average Bonchev–Trinajstić information content (AvgIpc) is 3.33. The molecule has 0 radical (unpaired) electrons. The normalized spacial score (nSPS) is 12.6. The fourth-order valence-corrected chi connectivity index (χ4v) is 4.18. The number of amides is 1. The van der Waals surface area contributed by atoms with E-state index in [0.717, 1.165) is 34.5 Å². The minimum Gasteiger partial charge on any atom is -0.493 e. The van der Waals surface area contributed by atoms with Crippen LogP contribution in [0.5, 0.6) is 17.2 Å². The van der Waals surface area contributed by atoms with Gasteiger partial charge in [0.1, 0.15) is 17.4 Å². The maximum Gasteiger partial charge on any atom is 0.268 e. The van der Waals surface area contributed by atoms with Crippen LogP contribution in [-0.4, -0.2) is 32.8 Å². The standard InChI is InChI=1S/C30H30N2O4/c1-21-9-10-22(2)28(17-21)36-16-6-15-35-27-12-11-23(19-29(27)34-3)18-25(20-31)30(33)32-14-13-24-7-4-5-8-26(24)32/h4-5,7-12,17-19H,6,13-16H2,1-3H3. The van der Waals surface area contributed by atoms with Crippen LogP contribution in [0, 0.1) is 25.2 Å². The summed E-state index contributed by atoms with van der Waals surface area (Å²) in [5.41, 5.74) is 5.02. The lowest BCUT2D eigenvalue weighted by atomic mass is 10.1. The van der Waals surface area contributed by atoms with Gasteiger partial charge in [-0.1, -0.05) is 36.4 Å². The molecule has 0 unspecified atom stereocenters. The van der Waals surface area contributed by atoms with E-state index in [-0.39, 0.29) is 11.5 Å². The molecule has 36 heavy (non-hydrogen) atoms. The van der Waals surface area contributed by atoms with Gasteiger partial charge in [-0.25, -0.2) is 0 Å². The molecular weight excluding hydrogens is 452 g/mol. The summed E-state index contributed by atoms with van der Waals surface area (Å²) >= 11 is 0. The smallest absolute Gasteiger partial charge is 0.268 e. The molecule has 1 aliphatic heterocycles. The summed E-state index contributed by atoms with van der Waals surface area (Å²) in [5.74, 6) is 1.73. The van der Waals surface area contributed by atoms with E-state index in [4.69, 9.17) is 14.2 Å². The molecule has 6 nitrogen and oxygen atoms in total. The molecule has 1 heterocycles. The Bertz CT molecular complexity index is 1320. The summed E-state index contributed by atoms with van der Waals surface area (Å²) in [6, 6.07) is 21.4. The summed E-state index contributed by atoms with van der Waals surface area (Å²) in [4.78, 5) is 14.7. The summed E-state index contributed by atoms with van der Waals surface area (Å²) < 4.78 is 17.3. The number of fused-ring (bicyclic) bond motifs is 1. The van der Waals surface area contributed by atoms with Gasteiger partial charge in [0.25, 0.3) is 5.91 Å². The van der Waals surface area contributed by atoms with Crippen molar-refractivity contribution < 1.29 is 19.0 Å². The number of ether oxygens (including phenoxy) is 3. The molecule has 6 heteroatoms. The number of benzene rings is 3. The van der Waals surface area contributed by atoms with Crippen molar-refractivity contribution in [3.63, 3.8) is 0 Å². The highest BCUT2D eigenvalue weighted by Crippen LogP contribution is 2.31. The SMILES string of the molecule is COc1cc(C=C(C#N)C(=O)N2CCc3ccccc32)ccc1OCCCOc1cc(C)ccc1C. The number of hydrogen-bond donors (Lipinski definition) is 0. The van der Waals surface area contributed by atoms with Crippen molar-refractivity contribution in [2.24, 2.45) is 0 Å². The summed E-state index contributed by atoms with van der Waals surface area (Å²) in [5, 5.41) is 9.69. The van der Waals surface area contributed by atoms with Crippen molar-refractivity contribution in [2.45, 2.75) is 26.7 Å². The van der Waals surface area contributed by atoms with Crippen molar-refractivity contribution in [1.82, 2.24) is 0 Å². The summed E-state index contributed by atoms with van der Waals surface area (Å²) in [6.45, 7) is 5.65. The van der Waals surface area contributed by atoms with Crippen LogP contribution in [-0.2, 0) is 11.2 Å². The Hall–Kier alpha value is -4.24. The highest BCUT2D eigenvalue weighted by atomic mass is 16.5. The lowest BCUT2D eigenvalue weighted by molar-refractivity contribution is -0.114. The minimum atomic E-state index is -0.300. The van der Waals surface area contributed by atoms with Gasteiger partial charge in [-0.15, -0.1) is 0 Å². The molecule has 0 atom stereocenters. The fraction of sp³-hybridized carbons (Fsp3) is 0.267. The lowest BCUT2D eigenvalue weighted by Crippen LogP contribution is -2.29. The molecule has 1 aliphatic rings. The molecule has 0 spiro atoms. The zero-order chi connectivity index (χ0) is 25.5. The Labute approximate surface area is 212 Å². The van der Waals surface area contributed by atoms with Crippen LogP contribution < -0.4 is 19.1 Å². The predicted molar refractivity (Wildman–Crippen MR) is 141 cm³/mol. The maximum absolute atomic E-state index is 13.1. The number of rotatable bonds is 9. The van der Waals surface area contributed by atoms with Crippen LogP contribution in [0.15, 0.2) is 66.2 Å². The van der Waals surface area contributed by atoms with E-state index in [1.807, 2.05) is 50.2 Å². The van der Waals surface area contributed by atoms with Gasteiger partial charge in [0, 0.05) is 18.7 Å².